The molecular weight excluding hydrogens is 400 g/mol. The van der Waals surface area contributed by atoms with E-state index in [1.54, 1.807) is 11.6 Å². The lowest BCUT2D eigenvalue weighted by atomic mass is 9.99. The van der Waals surface area contributed by atoms with Gasteiger partial charge in [-0.2, -0.15) is 0 Å². The number of nitrogens with one attached hydrogen (secondary N) is 1. The van der Waals surface area contributed by atoms with E-state index in [1.165, 1.54) is 0 Å². The number of pyridine rings is 2. The van der Waals surface area contributed by atoms with Gasteiger partial charge in [-0.15, -0.1) is 0 Å². The van der Waals surface area contributed by atoms with Crippen molar-refractivity contribution < 1.29 is 4.52 Å². The SMILES string of the molecule is Cc1cc2c(cn1)cc(-c1cc(Nc3cc(-c4ccccc4)on3)ccc1C)c(=O)n2C. The van der Waals surface area contributed by atoms with Crippen molar-refractivity contribution in [3.05, 3.63) is 94.5 Å². The molecule has 6 heteroatoms. The molecule has 0 aliphatic heterocycles. The summed E-state index contributed by atoms with van der Waals surface area (Å²) in [4.78, 5) is 17.6. The summed E-state index contributed by atoms with van der Waals surface area (Å²) >= 11 is 0. The van der Waals surface area contributed by atoms with Crippen molar-refractivity contribution in [1.29, 1.82) is 0 Å². The summed E-state index contributed by atoms with van der Waals surface area (Å²) in [6, 6.07) is 21.4. The fourth-order valence-corrected chi connectivity index (χ4v) is 3.87. The molecule has 0 saturated carbocycles. The van der Waals surface area contributed by atoms with E-state index in [9.17, 15) is 4.79 Å². The molecule has 0 spiro atoms. The molecule has 2 aromatic carbocycles. The maximum Gasteiger partial charge on any atom is 0.258 e. The van der Waals surface area contributed by atoms with Crippen LogP contribution >= 0.6 is 0 Å². The zero-order chi connectivity index (χ0) is 22.2. The molecule has 0 atom stereocenters. The van der Waals surface area contributed by atoms with Crippen molar-refractivity contribution in [2.24, 2.45) is 7.05 Å². The number of anilines is 2. The second-order valence-corrected chi connectivity index (χ2v) is 7.90. The second kappa shape index (κ2) is 7.81. The van der Waals surface area contributed by atoms with Gasteiger partial charge in [0.1, 0.15) is 0 Å². The lowest BCUT2D eigenvalue weighted by molar-refractivity contribution is 0.435. The van der Waals surface area contributed by atoms with Crippen LogP contribution in [0.5, 0.6) is 0 Å². The fraction of sp³-hybridized carbons (Fsp3) is 0.115. The lowest BCUT2D eigenvalue weighted by Crippen LogP contribution is -2.19. The first-order valence-corrected chi connectivity index (χ1v) is 10.4. The van der Waals surface area contributed by atoms with Gasteiger partial charge in [0.15, 0.2) is 11.6 Å². The van der Waals surface area contributed by atoms with Gasteiger partial charge < -0.3 is 14.4 Å². The van der Waals surface area contributed by atoms with Gasteiger partial charge in [0.05, 0.1) is 5.52 Å². The summed E-state index contributed by atoms with van der Waals surface area (Å²) in [6.07, 6.45) is 1.81. The molecule has 0 unspecified atom stereocenters. The maximum absolute atomic E-state index is 13.2. The Bertz CT molecular complexity index is 1500. The molecule has 3 aromatic heterocycles. The van der Waals surface area contributed by atoms with Crippen LogP contribution in [0.4, 0.5) is 11.5 Å². The smallest absolute Gasteiger partial charge is 0.258 e. The normalized spacial score (nSPS) is 11.1. The molecule has 32 heavy (non-hydrogen) atoms. The van der Waals surface area contributed by atoms with E-state index in [0.717, 1.165) is 39.0 Å². The van der Waals surface area contributed by atoms with Crippen molar-refractivity contribution in [2.45, 2.75) is 13.8 Å². The molecule has 0 bridgehead atoms. The molecule has 0 aliphatic carbocycles. The first kappa shape index (κ1) is 19.8. The average molecular weight is 422 g/mol. The Labute approximate surface area is 185 Å². The van der Waals surface area contributed by atoms with Gasteiger partial charge in [-0.05, 0) is 49.2 Å². The highest BCUT2D eigenvalue weighted by Gasteiger charge is 2.13. The minimum atomic E-state index is -0.0452. The van der Waals surface area contributed by atoms with Crippen molar-refractivity contribution in [2.75, 3.05) is 5.32 Å². The van der Waals surface area contributed by atoms with Crippen LogP contribution < -0.4 is 10.9 Å². The summed E-state index contributed by atoms with van der Waals surface area (Å²) in [5.74, 6) is 1.29. The van der Waals surface area contributed by atoms with Crippen LogP contribution in [0.1, 0.15) is 11.3 Å². The monoisotopic (exact) mass is 422 g/mol. The Morgan fingerprint density at radius 1 is 0.938 bits per heavy atom. The molecular formula is C26H22N4O2. The molecule has 0 radical (unpaired) electrons. The van der Waals surface area contributed by atoms with E-state index in [0.29, 0.717) is 17.1 Å². The molecule has 158 valence electrons. The van der Waals surface area contributed by atoms with Gasteiger partial charge >= 0.3 is 0 Å². The molecule has 0 fully saturated rings. The number of hydrogen-bond donors (Lipinski definition) is 1. The summed E-state index contributed by atoms with van der Waals surface area (Å²) in [7, 11) is 1.80. The number of benzene rings is 2. The Hall–Kier alpha value is -4.19. The van der Waals surface area contributed by atoms with E-state index < -0.39 is 0 Å². The van der Waals surface area contributed by atoms with Crippen molar-refractivity contribution in [1.82, 2.24) is 14.7 Å². The number of aryl methyl sites for hydroxylation is 3. The molecule has 1 N–H and O–H groups in total. The lowest BCUT2D eigenvalue weighted by Gasteiger charge is -2.13. The largest absolute Gasteiger partial charge is 0.354 e. The summed E-state index contributed by atoms with van der Waals surface area (Å²) in [6.45, 7) is 3.92. The minimum absolute atomic E-state index is 0.0452. The predicted octanol–water partition coefficient (Wildman–Crippen LogP) is 5.62. The molecule has 6 nitrogen and oxygen atoms in total. The third kappa shape index (κ3) is 3.56. The van der Waals surface area contributed by atoms with Crippen LogP contribution in [-0.4, -0.2) is 14.7 Å². The summed E-state index contributed by atoms with van der Waals surface area (Å²) in [5.41, 5.74) is 6.00. The van der Waals surface area contributed by atoms with Crippen molar-refractivity contribution in [3.63, 3.8) is 0 Å². The quantitative estimate of drug-likeness (QED) is 0.407. The highest BCUT2D eigenvalue weighted by atomic mass is 16.5. The molecule has 0 saturated heterocycles. The fourth-order valence-electron chi connectivity index (χ4n) is 3.87. The highest BCUT2D eigenvalue weighted by molar-refractivity contribution is 5.85. The Balaban J connectivity index is 1.53. The van der Waals surface area contributed by atoms with Gasteiger partial charge in [-0.25, -0.2) is 0 Å². The molecule has 0 amide bonds. The minimum Gasteiger partial charge on any atom is -0.354 e. The van der Waals surface area contributed by atoms with Crippen LogP contribution in [0.15, 0.2) is 82.2 Å². The summed E-state index contributed by atoms with van der Waals surface area (Å²) in [5, 5.41) is 8.34. The molecule has 5 rings (SSSR count). The first-order valence-electron chi connectivity index (χ1n) is 10.4. The molecule has 5 aromatic rings. The van der Waals surface area contributed by atoms with Crippen molar-refractivity contribution >= 4 is 22.4 Å². The van der Waals surface area contributed by atoms with E-state index in [-0.39, 0.29) is 5.56 Å². The number of fused-ring (bicyclic) bond motifs is 1. The van der Waals surface area contributed by atoms with Gasteiger partial charge in [0.25, 0.3) is 5.56 Å². The Morgan fingerprint density at radius 3 is 2.56 bits per heavy atom. The number of nitrogens with zero attached hydrogens (tertiary/aromatic N) is 3. The topological polar surface area (TPSA) is 73.0 Å². The van der Waals surface area contributed by atoms with E-state index in [4.69, 9.17) is 4.52 Å². The molecule has 0 aliphatic rings. The first-order chi connectivity index (χ1) is 15.5. The van der Waals surface area contributed by atoms with Crippen molar-refractivity contribution in [3.8, 4) is 22.5 Å². The zero-order valence-electron chi connectivity index (χ0n) is 18.1. The highest BCUT2D eigenvalue weighted by Crippen LogP contribution is 2.29. The number of aromatic nitrogens is 3. The number of rotatable bonds is 4. The van der Waals surface area contributed by atoms with E-state index in [1.807, 2.05) is 86.8 Å². The van der Waals surface area contributed by atoms with Crippen LogP contribution in [0, 0.1) is 13.8 Å². The van der Waals surface area contributed by atoms with Crippen LogP contribution in [-0.2, 0) is 7.05 Å². The third-order valence-corrected chi connectivity index (χ3v) is 5.61. The van der Waals surface area contributed by atoms with E-state index >= 15 is 0 Å². The number of hydrogen-bond acceptors (Lipinski definition) is 5. The predicted molar refractivity (Wildman–Crippen MR) is 127 cm³/mol. The zero-order valence-corrected chi connectivity index (χ0v) is 18.1. The van der Waals surface area contributed by atoms with E-state index in [2.05, 4.69) is 15.5 Å². The van der Waals surface area contributed by atoms with Gasteiger partial charge in [-0.1, -0.05) is 41.6 Å². The molecule has 3 heterocycles. The Morgan fingerprint density at radius 2 is 1.75 bits per heavy atom. The third-order valence-electron chi connectivity index (χ3n) is 5.61. The standard InChI is InChI=1S/C26H22N4O2/c1-16-9-10-20(28-25-14-24(32-29-25)18-7-5-4-6-8-18)13-21(16)22-12-19-15-27-17(2)11-23(19)30(3)26(22)31/h4-15H,1-3H3,(H,28,29). The van der Waals surface area contributed by atoms with Crippen LogP contribution in [0.25, 0.3) is 33.4 Å². The average Bonchev–Trinajstić information content (AvgIpc) is 3.27. The van der Waals surface area contributed by atoms with Gasteiger partial charge in [0, 0.05) is 47.2 Å². The summed E-state index contributed by atoms with van der Waals surface area (Å²) < 4.78 is 7.16. The van der Waals surface area contributed by atoms with Crippen LogP contribution in [0.3, 0.4) is 0 Å². The second-order valence-electron chi connectivity index (χ2n) is 7.90. The maximum atomic E-state index is 13.2. The van der Waals surface area contributed by atoms with Crippen LogP contribution in [0.2, 0.25) is 0 Å². The van der Waals surface area contributed by atoms with Gasteiger partial charge in [0.2, 0.25) is 0 Å². The van der Waals surface area contributed by atoms with Gasteiger partial charge in [-0.3, -0.25) is 9.78 Å². The Kier molecular flexibility index (Phi) is 4.82.